The Balaban J connectivity index is 1.87. The first-order valence-corrected chi connectivity index (χ1v) is 6.40. The number of anilines is 1. The third-order valence-electron chi connectivity index (χ3n) is 3.02. The van der Waals surface area contributed by atoms with E-state index in [-0.39, 0.29) is 0 Å². The molecule has 3 heterocycles. The van der Waals surface area contributed by atoms with Gasteiger partial charge >= 0.3 is 0 Å². The Bertz CT molecular complexity index is 720. The Labute approximate surface area is 116 Å². The van der Waals surface area contributed by atoms with E-state index < -0.39 is 0 Å². The van der Waals surface area contributed by atoms with Gasteiger partial charge in [-0.25, -0.2) is 9.97 Å². The fourth-order valence-corrected chi connectivity index (χ4v) is 2.25. The second-order valence-corrected chi connectivity index (χ2v) is 4.68. The molecule has 19 heavy (non-hydrogen) atoms. The van der Waals surface area contributed by atoms with Gasteiger partial charge in [0.1, 0.15) is 10.8 Å². The molecule has 0 aliphatic carbocycles. The van der Waals surface area contributed by atoms with Crippen molar-refractivity contribution in [2.24, 2.45) is 0 Å². The molecule has 0 unspecified atom stereocenters. The summed E-state index contributed by atoms with van der Waals surface area (Å²) in [4.78, 5) is 8.49. The molecule has 3 rings (SSSR count). The summed E-state index contributed by atoms with van der Waals surface area (Å²) in [6, 6.07) is 9.69. The van der Waals surface area contributed by atoms with E-state index in [1.165, 1.54) is 0 Å². The van der Waals surface area contributed by atoms with Crippen molar-refractivity contribution in [3.8, 4) is 0 Å². The minimum absolute atomic E-state index is 0.486. The van der Waals surface area contributed by atoms with Gasteiger partial charge in [0.2, 0.25) is 0 Å². The van der Waals surface area contributed by atoms with Crippen molar-refractivity contribution < 1.29 is 0 Å². The largest absolute Gasteiger partial charge is 0.379 e. The summed E-state index contributed by atoms with van der Waals surface area (Å²) in [5, 5.41) is 3.82. The van der Waals surface area contributed by atoms with Gasteiger partial charge in [-0.05, 0) is 31.2 Å². The molecule has 0 aliphatic rings. The topological polar surface area (TPSA) is 42.2 Å². The number of imidazole rings is 1. The molecule has 5 heteroatoms. The van der Waals surface area contributed by atoms with Crippen LogP contribution in [0.15, 0.2) is 42.7 Å². The fourth-order valence-electron chi connectivity index (χ4n) is 2.08. The molecular formula is C14H13ClN4. The molecular weight excluding hydrogens is 260 g/mol. The lowest BCUT2D eigenvalue weighted by Crippen LogP contribution is -2.04. The van der Waals surface area contributed by atoms with Crippen LogP contribution in [-0.2, 0) is 6.54 Å². The van der Waals surface area contributed by atoms with Crippen LogP contribution in [0.4, 0.5) is 5.69 Å². The zero-order valence-corrected chi connectivity index (χ0v) is 11.2. The lowest BCUT2D eigenvalue weighted by molar-refractivity contribution is 0.986. The summed E-state index contributed by atoms with van der Waals surface area (Å²) in [6.07, 6.45) is 3.71. The first-order chi connectivity index (χ1) is 9.24. The Kier molecular flexibility index (Phi) is 3.09. The van der Waals surface area contributed by atoms with E-state index in [0.717, 1.165) is 22.7 Å². The number of pyridine rings is 2. The second-order valence-electron chi connectivity index (χ2n) is 4.29. The predicted octanol–water partition coefficient (Wildman–Crippen LogP) is 3.30. The normalized spacial score (nSPS) is 10.8. The third kappa shape index (κ3) is 2.39. The van der Waals surface area contributed by atoms with Crippen molar-refractivity contribution in [2.45, 2.75) is 13.5 Å². The first-order valence-electron chi connectivity index (χ1n) is 6.02. The molecule has 0 saturated carbocycles. The molecule has 4 nitrogen and oxygen atoms in total. The number of aromatic nitrogens is 3. The molecule has 96 valence electrons. The number of aryl methyl sites for hydroxylation is 1. The van der Waals surface area contributed by atoms with Gasteiger partial charge in [0, 0.05) is 18.1 Å². The summed E-state index contributed by atoms with van der Waals surface area (Å²) < 4.78 is 2.09. The van der Waals surface area contributed by atoms with Crippen LogP contribution in [0.3, 0.4) is 0 Å². The molecule has 1 N–H and O–H groups in total. The molecule has 3 aromatic heterocycles. The summed E-state index contributed by atoms with van der Waals surface area (Å²) >= 11 is 5.86. The number of nitrogens with zero attached hydrogens (tertiary/aromatic N) is 3. The van der Waals surface area contributed by atoms with Gasteiger partial charge in [-0.1, -0.05) is 17.7 Å². The molecule has 0 fully saturated rings. The van der Waals surface area contributed by atoms with Crippen molar-refractivity contribution in [1.29, 1.82) is 0 Å². The number of halogens is 1. The van der Waals surface area contributed by atoms with E-state index in [1.54, 1.807) is 12.3 Å². The van der Waals surface area contributed by atoms with E-state index in [9.17, 15) is 0 Å². The number of fused-ring (bicyclic) bond motifs is 1. The van der Waals surface area contributed by atoms with Crippen LogP contribution in [-0.4, -0.2) is 14.4 Å². The maximum Gasteiger partial charge on any atom is 0.137 e. The lowest BCUT2D eigenvalue weighted by atomic mass is 10.3. The number of nitrogens with one attached hydrogen (secondary N) is 1. The molecule has 0 bridgehead atoms. The van der Waals surface area contributed by atoms with Crippen LogP contribution in [0, 0.1) is 6.92 Å². The molecule has 0 radical (unpaired) electrons. The SMILES string of the molecule is Cc1nc2ccccn2c1CNc1ccnc(Cl)c1. The van der Waals surface area contributed by atoms with Crippen LogP contribution in [0.1, 0.15) is 11.4 Å². The fraction of sp³-hybridized carbons (Fsp3) is 0.143. The molecule has 0 aliphatic heterocycles. The highest BCUT2D eigenvalue weighted by Gasteiger charge is 2.07. The number of hydrogen-bond acceptors (Lipinski definition) is 3. The number of hydrogen-bond donors (Lipinski definition) is 1. The van der Waals surface area contributed by atoms with E-state index in [2.05, 4.69) is 19.7 Å². The van der Waals surface area contributed by atoms with Crippen LogP contribution in [0.5, 0.6) is 0 Å². The zero-order valence-electron chi connectivity index (χ0n) is 10.5. The van der Waals surface area contributed by atoms with Gasteiger partial charge in [-0.15, -0.1) is 0 Å². The van der Waals surface area contributed by atoms with Crippen molar-refractivity contribution in [1.82, 2.24) is 14.4 Å². The van der Waals surface area contributed by atoms with E-state index in [0.29, 0.717) is 11.7 Å². The average Bonchev–Trinajstić information content (AvgIpc) is 2.72. The molecule has 3 aromatic rings. The Morgan fingerprint density at radius 1 is 1.32 bits per heavy atom. The van der Waals surface area contributed by atoms with Crippen LogP contribution < -0.4 is 5.32 Å². The monoisotopic (exact) mass is 272 g/mol. The highest BCUT2D eigenvalue weighted by atomic mass is 35.5. The van der Waals surface area contributed by atoms with E-state index >= 15 is 0 Å². The van der Waals surface area contributed by atoms with Gasteiger partial charge in [-0.2, -0.15) is 0 Å². The van der Waals surface area contributed by atoms with Crippen molar-refractivity contribution in [3.63, 3.8) is 0 Å². The van der Waals surface area contributed by atoms with Gasteiger partial charge in [-0.3, -0.25) is 0 Å². The molecule has 0 aromatic carbocycles. The number of rotatable bonds is 3. The van der Waals surface area contributed by atoms with E-state index in [4.69, 9.17) is 11.6 Å². The lowest BCUT2D eigenvalue weighted by Gasteiger charge is -2.07. The predicted molar refractivity (Wildman–Crippen MR) is 76.5 cm³/mol. The zero-order chi connectivity index (χ0) is 13.2. The Morgan fingerprint density at radius 2 is 2.21 bits per heavy atom. The maximum absolute atomic E-state index is 5.86. The first kappa shape index (κ1) is 12.0. The van der Waals surface area contributed by atoms with Crippen LogP contribution in [0.25, 0.3) is 5.65 Å². The van der Waals surface area contributed by atoms with E-state index in [1.807, 2.05) is 37.4 Å². The summed E-state index contributed by atoms with van der Waals surface area (Å²) in [5.41, 5.74) is 4.08. The summed E-state index contributed by atoms with van der Waals surface area (Å²) in [7, 11) is 0. The van der Waals surface area contributed by atoms with Crippen LogP contribution >= 0.6 is 11.6 Å². The molecule has 0 atom stereocenters. The van der Waals surface area contributed by atoms with Crippen molar-refractivity contribution in [3.05, 3.63) is 59.3 Å². The minimum Gasteiger partial charge on any atom is -0.379 e. The second kappa shape index (κ2) is 4.90. The molecule has 0 spiro atoms. The maximum atomic E-state index is 5.86. The Hall–Kier alpha value is -2.07. The third-order valence-corrected chi connectivity index (χ3v) is 3.22. The van der Waals surface area contributed by atoms with Crippen molar-refractivity contribution in [2.75, 3.05) is 5.32 Å². The standard InChI is InChI=1S/C14H13ClN4/c1-10-12(19-7-3-2-4-14(19)18-10)9-17-11-5-6-16-13(15)8-11/h2-8H,9H2,1H3,(H,16,17). The van der Waals surface area contributed by atoms with Crippen LogP contribution in [0.2, 0.25) is 5.15 Å². The van der Waals surface area contributed by atoms with Gasteiger partial charge < -0.3 is 9.72 Å². The highest BCUT2D eigenvalue weighted by molar-refractivity contribution is 6.29. The Morgan fingerprint density at radius 3 is 3.05 bits per heavy atom. The molecule has 0 saturated heterocycles. The summed E-state index contributed by atoms with van der Waals surface area (Å²) in [5.74, 6) is 0. The van der Waals surface area contributed by atoms with Gasteiger partial charge in [0.25, 0.3) is 0 Å². The highest BCUT2D eigenvalue weighted by Crippen LogP contribution is 2.16. The van der Waals surface area contributed by atoms with Gasteiger partial charge in [0.15, 0.2) is 0 Å². The average molecular weight is 273 g/mol. The minimum atomic E-state index is 0.486. The smallest absolute Gasteiger partial charge is 0.137 e. The van der Waals surface area contributed by atoms with Gasteiger partial charge in [0.05, 0.1) is 17.9 Å². The summed E-state index contributed by atoms with van der Waals surface area (Å²) in [6.45, 7) is 2.71. The molecule has 0 amide bonds. The van der Waals surface area contributed by atoms with Crippen molar-refractivity contribution >= 4 is 22.9 Å². The quantitative estimate of drug-likeness (QED) is 0.744.